The molecule has 0 aliphatic heterocycles. The minimum Gasteiger partial charge on any atom is -0.330 e. The second kappa shape index (κ2) is 8.26. The van der Waals surface area contributed by atoms with Crippen molar-refractivity contribution < 1.29 is 9.59 Å². The van der Waals surface area contributed by atoms with Crippen molar-refractivity contribution in [1.29, 1.82) is 0 Å². The van der Waals surface area contributed by atoms with Gasteiger partial charge in [-0.3, -0.25) is 14.6 Å². The van der Waals surface area contributed by atoms with Crippen molar-refractivity contribution in [3.8, 4) is 0 Å². The highest BCUT2D eigenvalue weighted by Crippen LogP contribution is 2.26. The van der Waals surface area contributed by atoms with Crippen LogP contribution in [0.2, 0.25) is 5.02 Å². The van der Waals surface area contributed by atoms with Crippen molar-refractivity contribution in [3.63, 3.8) is 0 Å². The van der Waals surface area contributed by atoms with Crippen LogP contribution in [0.15, 0.2) is 42.7 Å². The highest BCUT2D eigenvalue weighted by molar-refractivity contribution is 6.34. The number of nitrogens with two attached hydrogens (primary N) is 1. The van der Waals surface area contributed by atoms with Crippen LogP contribution in [-0.4, -0.2) is 23.3 Å². The van der Waals surface area contributed by atoms with Gasteiger partial charge in [0.05, 0.1) is 16.3 Å². The molecule has 0 unspecified atom stereocenters. The molecule has 0 radical (unpaired) electrons. The number of anilines is 2. The first-order valence-electron chi connectivity index (χ1n) is 7.11. The van der Waals surface area contributed by atoms with Crippen molar-refractivity contribution in [3.05, 3.63) is 53.3 Å². The van der Waals surface area contributed by atoms with E-state index in [-0.39, 0.29) is 11.8 Å². The Morgan fingerprint density at radius 2 is 2.04 bits per heavy atom. The topological polar surface area (TPSA) is 97.1 Å². The summed E-state index contributed by atoms with van der Waals surface area (Å²) in [6, 6.07) is 8.21. The predicted octanol–water partition coefficient (Wildman–Crippen LogP) is 2.66. The van der Waals surface area contributed by atoms with E-state index in [1.165, 1.54) is 6.20 Å². The molecule has 23 heavy (non-hydrogen) atoms. The van der Waals surface area contributed by atoms with E-state index in [4.69, 9.17) is 17.3 Å². The minimum atomic E-state index is -0.327. The van der Waals surface area contributed by atoms with Crippen LogP contribution < -0.4 is 16.4 Å². The number of benzene rings is 1. The summed E-state index contributed by atoms with van der Waals surface area (Å²) >= 11 is 6.09. The fraction of sp³-hybridized carbons (Fsp3) is 0.188. The lowest BCUT2D eigenvalue weighted by atomic mass is 10.2. The molecule has 0 saturated heterocycles. The second-order valence-corrected chi connectivity index (χ2v) is 5.24. The van der Waals surface area contributed by atoms with E-state index in [1.54, 1.807) is 36.5 Å². The lowest BCUT2D eigenvalue weighted by Crippen LogP contribution is -2.15. The van der Waals surface area contributed by atoms with Gasteiger partial charge in [-0.1, -0.05) is 11.6 Å². The number of hydrogen-bond acceptors (Lipinski definition) is 4. The van der Waals surface area contributed by atoms with Gasteiger partial charge in [0.2, 0.25) is 5.91 Å². The first kappa shape index (κ1) is 16.9. The van der Waals surface area contributed by atoms with Crippen molar-refractivity contribution in [1.82, 2.24) is 4.98 Å². The largest absolute Gasteiger partial charge is 0.330 e. The molecule has 2 aromatic rings. The van der Waals surface area contributed by atoms with Crippen LogP contribution in [0.4, 0.5) is 11.4 Å². The first-order chi connectivity index (χ1) is 11.1. The van der Waals surface area contributed by atoms with Crippen molar-refractivity contribution in [2.24, 2.45) is 5.73 Å². The smallest absolute Gasteiger partial charge is 0.257 e. The van der Waals surface area contributed by atoms with E-state index in [0.29, 0.717) is 41.3 Å². The zero-order valence-corrected chi connectivity index (χ0v) is 13.1. The quantitative estimate of drug-likeness (QED) is 0.757. The molecule has 0 saturated carbocycles. The monoisotopic (exact) mass is 332 g/mol. The number of carbonyl (C=O) groups is 2. The summed E-state index contributed by atoms with van der Waals surface area (Å²) in [5.41, 5.74) is 6.76. The molecule has 6 nitrogen and oxygen atoms in total. The molecule has 0 fully saturated rings. The fourth-order valence-electron chi connectivity index (χ4n) is 1.88. The summed E-state index contributed by atoms with van der Waals surface area (Å²) < 4.78 is 0. The Morgan fingerprint density at radius 3 is 2.74 bits per heavy atom. The lowest BCUT2D eigenvalue weighted by molar-refractivity contribution is -0.116. The van der Waals surface area contributed by atoms with Gasteiger partial charge in [-0.25, -0.2) is 0 Å². The van der Waals surface area contributed by atoms with Crippen LogP contribution in [0.25, 0.3) is 0 Å². The Labute approximate surface area is 139 Å². The van der Waals surface area contributed by atoms with E-state index in [1.807, 2.05) is 0 Å². The summed E-state index contributed by atoms with van der Waals surface area (Å²) in [5, 5.41) is 5.82. The maximum Gasteiger partial charge on any atom is 0.257 e. The molecule has 0 atom stereocenters. The van der Waals surface area contributed by atoms with Crippen LogP contribution in [0, 0.1) is 0 Å². The Morgan fingerprint density at radius 1 is 1.22 bits per heavy atom. The Bertz CT molecular complexity index is 692. The standard InChI is InChI=1S/C16H17ClN4O2/c17-13-6-5-12(20-15(22)4-1-7-18)9-14(13)21-16(23)11-3-2-8-19-10-11/h2-3,5-6,8-10H,1,4,7,18H2,(H,20,22)(H,21,23). The number of carbonyl (C=O) groups excluding carboxylic acids is 2. The van der Waals surface area contributed by atoms with Crippen LogP contribution in [-0.2, 0) is 4.79 Å². The number of pyridine rings is 1. The maximum atomic E-state index is 12.1. The first-order valence-corrected chi connectivity index (χ1v) is 7.49. The molecule has 0 aliphatic rings. The SMILES string of the molecule is NCCCC(=O)Nc1ccc(Cl)c(NC(=O)c2cccnc2)c1. The number of aromatic nitrogens is 1. The van der Waals surface area contributed by atoms with E-state index in [9.17, 15) is 9.59 Å². The van der Waals surface area contributed by atoms with Crippen molar-refractivity contribution in [2.45, 2.75) is 12.8 Å². The van der Waals surface area contributed by atoms with Gasteiger partial charge in [0, 0.05) is 24.5 Å². The van der Waals surface area contributed by atoms with E-state index in [2.05, 4.69) is 15.6 Å². The average molecular weight is 333 g/mol. The summed E-state index contributed by atoms with van der Waals surface area (Å²) in [7, 11) is 0. The third-order valence-corrected chi connectivity index (χ3v) is 3.36. The predicted molar refractivity (Wildman–Crippen MR) is 90.6 cm³/mol. The highest BCUT2D eigenvalue weighted by atomic mass is 35.5. The van der Waals surface area contributed by atoms with Crippen LogP contribution in [0.5, 0.6) is 0 Å². The van der Waals surface area contributed by atoms with Gasteiger partial charge in [0.25, 0.3) is 5.91 Å². The molecule has 2 amide bonds. The zero-order valence-electron chi connectivity index (χ0n) is 12.4. The minimum absolute atomic E-state index is 0.137. The van der Waals surface area contributed by atoms with Gasteiger partial charge in [-0.2, -0.15) is 0 Å². The molecule has 4 N–H and O–H groups in total. The zero-order chi connectivity index (χ0) is 16.7. The normalized spacial score (nSPS) is 10.2. The van der Waals surface area contributed by atoms with Gasteiger partial charge in [-0.15, -0.1) is 0 Å². The molecule has 1 aromatic heterocycles. The van der Waals surface area contributed by atoms with Gasteiger partial charge in [0.1, 0.15) is 0 Å². The Balaban J connectivity index is 2.08. The van der Waals surface area contributed by atoms with Gasteiger partial charge in [-0.05, 0) is 43.3 Å². The van der Waals surface area contributed by atoms with E-state index < -0.39 is 0 Å². The lowest BCUT2D eigenvalue weighted by Gasteiger charge is -2.10. The van der Waals surface area contributed by atoms with Crippen molar-refractivity contribution >= 4 is 34.8 Å². The molecule has 2 rings (SSSR count). The average Bonchev–Trinajstić information content (AvgIpc) is 2.56. The molecular weight excluding hydrogens is 316 g/mol. The van der Waals surface area contributed by atoms with E-state index >= 15 is 0 Å². The Kier molecular flexibility index (Phi) is 6.08. The molecule has 1 aromatic carbocycles. The molecule has 1 heterocycles. The summed E-state index contributed by atoms with van der Waals surface area (Å²) in [6.45, 7) is 0.459. The number of nitrogens with one attached hydrogen (secondary N) is 2. The van der Waals surface area contributed by atoms with E-state index in [0.717, 1.165) is 0 Å². The third-order valence-electron chi connectivity index (χ3n) is 3.03. The number of amides is 2. The molecule has 0 bridgehead atoms. The summed E-state index contributed by atoms with van der Waals surface area (Å²) in [5.74, 6) is -0.464. The van der Waals surface area contributed by atoms with Gasteiger partial charge >= 0.3 is 0 Å². The van der Waals surface area contributed by atoms with Gasteiger partial charge < -0.3 is 16.4 Å². The fourth-order valence-corrected chi connectivity index (χ4v) is 2.04. The molecule has 0 aliphatic carbocycles. The molecule has 0 spiro atoms. The summed E-state index contributed by atoms with van der Waals surface area (Å²) in [4.78, 5) is 27.7. The van der Waals surface area contributed by atoms with Crippen molar-refractivity contribution in [2.75, 3.05) is 17.2 Å². The molecular formula is C16H17ClN4O2. The van der Waals surface area contributed by atoms with Crippen LogP contribution >= 0.6 is 11.6 Å². The summed E-state index contributed by atoms with van der Waals surface area (Å²) in [6.07, 6.45) is 4.00. The second-order valence-electron chi connectivity index (χ2n) is 4.83. The third kappa shape index (κ3) is 5.05. The molecule has 120 valence electrons. The number of rotatable bonds is 6. The number of nitrogens with zero attached hydrogens (tertiary/aromatic N) is 1. The number of halogens is 1. The Hall–Kier alpha value is -2.44. The highest BCUT2D eigenvalue weighted by Gasteiger charge is 2.10. The number of hydrogen-bond donors (Lipinski definition) is 3. The van der Waals surface area contributed by atoms with Crippen LogP contribution in [0.3, 0.4) is 0 Å². The van der Waals surface area contributed by atoms with Crippen LogP contribution in [0.1, 0.15) is 23.2 Å². The van der Waals surface area contributed by atoms with Gasteiger partial charge in [0.15, 0.2) is 0 Å². The molecule has 7 heteroatoms. The maximum absolute atomic E-state index is 12.1.